The molecule has 0 saturated heterocycles. The van der Waals surface area contributed by atoms with Crippen LogP contribution in [0.1, 0.15) is 11.3 Å². The molecule has 3 nitrogen and oxygen atoms in total. The molecule has 0 aliphatic heterocycles. The summed E-state index contributed by atoms with van der Waals surface area (Å²) in [5, 5.41) is 7.21. The van der Waals surface area contributed by atoms with Crippen LogP contribution in [-0.4, -0.2) is 15.2 Å². The summed E-state index contributed by atoms with van der Waals surface area (Å²) in [4.78, 5) is 4.47. The minimum absolute atomic E-state index is 0.884. The van der Waals surface area contributed by atoms with Crippen LogP contribution in [0, 0.1) is 13.8 Å². The smallest absolute Gasteiger partial charge is 0.111 e. The molecule has 0 aliphatic carbocycles. The van der Waals surface area contributed by atoms with Crippen molar-refractivity contribution >= 4 is 0 Å². The third kappa shape index (κ3) is 2.27. The molecule has 2 aromatic heterocycles. The molecular weight excluding hydrogens is 234 g/mol. The number of aryl methyl sites for hydroxylation is 2. The standard InChI is InChI=1S/C16H15N3/c1-11-10-17-15(16-8-12(2)18-19-16)9-14(11)13-6-4-3-5-7-13/h3-10H,1-2H3,(H,18,19). The largest absolute Gasteiger partial charge is 0.282 e. The number of hydrogen-bond donors (Lipinski definition) is 1. The molecule has 0 saturated carbocycles. The summed E-state index contributed by atoms with van der Waals surface area (Å²) in [5.41, 5.74) is 6.39. The Morgan fingerprint density at radius 3 is 2.42 bits per heavy atom. The van der Waals surface area contributed by atoms with E-state index < -0.39 is 0 Å². The van der Waals surface area contributed by atoms with Crippen LogP contribution in [0.2, 0.25) is 0 Å². The van der Waals surface area contributed by atoms with Gasteiger partial charge in [0, 0.05) is 11.9 Å². The maximum Gasteiger partial charge on any atom is 0.111 e. The molecule has 0 unspecified atom stereocenters. The molecule has 94 valence electrons. The lowest BCUT2D eigenvalue weighted by Gasteiger charge is -2.07. The van der Waals surface area contributed by atoms with Crippen molar-refractivity contribution in [3.05, 3.63) is 59.9 Å². The Bertz CT molecular complexity index is 699. The topological polar surface area (TPSA) is 41.6 Å². The summed E-state index contributed by atoms with van der Waals surface area (Å²) in [7, 11) is 0. The lowest BCUT2D eigenvalue weighted by molar-refractivity contribution is 1.04. The lowest BCUT2D eigenvalue weighted by atomic mass is 10.0. The first-order chi connectivity index (χ1) is 9.24. The lowest BCUT2D eigenvalue weighted by Crippen LogP contribution is -1.89. The normalized spacial score (nSPS) is 10.6. The van der Waals surface area contributed by atoms with Crippen LogP contribution in [0.3, 0.4) is 0 Å². The molecule has 19 heavy (non-hydrogen) atoms. The molecule has 1 aromatic carbocycles. The predicted molar refractivity (Wildman–Crippen MR) is 76.7 cm³/mol. The fraction of sp³-hybridized carbons (Fsp3) is 0.125. The van der Waals surface area contributed by atoms with E-state index in [1.165, 1.54) is 16.7 Å². The zero-order valence-electron chi connectivity index (χ0n) is 11.0. The van der Waals surface area contributed by atoms with E-state index in [1.807, 2.05) is 37.4 Å². The summed E-state index contributed by atoms with van der Waals surface area (Å²) < 4.78 is 0. The number of aromatic nitrogens is 3. The third-order valence-electron chi connectivity index (χ3n) is 3.16. The van der Waals surface area contributed by atoms with Crippen LogP contribution >= 0.6 is 0 Å². The second-order valence-corrected chi connectivity index (χ2v) is 4.69. The van der Waals surface area contributed by atoms with Gasteiger partial charge < -0.3 is 0 Å². The van der Waals surface area contributed by atoms with Crippen LogP contribution in [0.4, 0.5) is 0 Å². The molecule has 3 aromatic rings. The average Bonchev–Trinajstić information content (AvgIpc) is 2.87. The molecule has 0 amide bonds. The highest BCUT2D eigenvalue weighted by molar-refractivity contribution is 5.71. The molecule has 0 fully saturated rings. The van der Waals surface area contributed by atoms with E-state index in [1.54, 1.807) is 0 Å². The van der Waals surface area contributed by atoms with E-state index in [4.69, 9.17) is 0 Å². The van der Waals surface area contributed by atoms with Crippen LogP contribution in [0.25, 0.3) is 22.5 Å². The Morgan fingerprint density at radius 2 is 1.74 bits per heavy atom. The molecule has 0 aliphatic rings. The quantitative estimate of drug-likeness (QED) is 0.751. The first-order valence-electron chi connectivity index (χ1n) is 6.28. The highest BCUT2D eigenvalue weighted by Crippen LogP contribution is 2.26. The number of pyridine rings is 1. The van der Waals surface area contributed by atoms with Gasteiger partial charge in [0.05, 0.1) is 5.69 Å². The van der Waals surface area contributed by atoms with Gasteiger partial charge in [-0.25, -0.2) is 0 Å². The number of nitrogens with one attached hydrogen (secondary N) is 1. The van der Waals surface area contributed by atoms with Crippen LogP contribution in [0.15, 0.2) is 48.7 Å². The zero-order chi connectivity index (χ0) is 13.2. The summed E-state index contributed by atoms with van der Waals surface area (Å²) in [6.07, 6.45) is 1.90. The Hall–Kier alpha value is -2.42. The van der Waals surface area contributed by atoms with E-state index in [2.05, 4.69) is 40.3 Å². The van der Waals surface area contributed by atoms with Crippen molar-refractivity contribution < 1.29 is 0 Å². The monoisotopic (exact) mass is 249 g/mol. The van der Waals surface area contributed by atoms with E-state index in [0.717, 1.165) is 17.1 Å². The van der Waals surface area contributed by atoms with E-state index in [0.29, 0.717) is 0 Å². The minimum atomic E-state index is 0.884. The van der Waals surface area contributed by atoms with Crippen molar-refractivity contribution in [1.29, 1.82) is 0 Å². The molecule has 1 N–H and O–H groups in total. The van der Waals surface area contributed by atoms with E-state index in [9.17, 15) is 0 Å². The number of hydrogen-bond acceptors (Lipinski definition) is 2. The van der Waals surface area contributed by atoms with Crippen LogP contribution in [0.5, 0.6) is 0 Å². The van der Waals surface area contributed by atoms with Gasteiger partial charge in [-0.3, -0.25) is 10.1 Å². The number of rotatable bonds is 2. The number of H-pyrrole nitrogens is 1. The van der Waals surface area contributed by atoms with E-state index in [-0.39, 0.29) is 0 Å². The SMILES string of the molecule is Cc1cc(-c2cc(-c3ccccc3)c(C)cn2)n[nH]1. The molecule has 0 atom stereocenters. The second kappa shape index (κ2) is 4.69. The van der Waals surface area contributed by atoms with Crippen molar-refractivity contribution in [1.82, 2.24) is 15.2 Å². The molecule has 3 rings (SSSR count). The van der Waals surface area contributed by atoms with Crippen LogP contribution in [-0.2, 0) is 0 Å². The fourth-order valence-corrected chi connectivity index (χ4v) is 2.14. The van der Waals surface area contributed by atoms with Gasteiger partial charge in [-0.15, -0.1) is 0 Å². The second-order valence-electron chi connectivity index (χ2n) is 4.69. The third-order valence-corrected chi connectivity index (χ3v) is 3.16. The predicted octanol–water partition coefficient (Wildman–Crippen LogP) is 3.76. The number of aromatic amines is 1. The molecular formula is C16H15N3. The first kappa shape index (κ1) is 11.7. The summed E-state index contributed by atoms with van der Waals surface area (Å²) in [6, 6.07) is 14.5. The van der Waals surface area contributed by atoms with Crippen LogP contribution < -0.4 is 0 Å². The maximum atomic E-state index is 4.47. The molecule has 0 bridgehead atoms. The van der Waals surface area contributed by atoms with Gasteiger partial charge in [-0.05, 0) is 42.7 Å². The summed E-state index contributed by atoms with van der Waals surface area (Å²) in [5.74, 6) is 0. The van der Waals surface area contributed by atoms with Gasteiger partial charge in [0.2, 0.25) is 0 Å². The van der Waals surface area contributed by atoms with E-state index >= 15 is 0 Å². The van der Waals surface area contributed by atoms with Gasteiger partial charge in [-0.1, -0.05) is 30.3 Å². The highest BCUT2D eigenvalue weighted by Gasteiger charge is 2.08. The van der Waals surface area contributed by atoms with Gasteiger partial charge in [0.25, 0.3) is 0 Å². The van der Waals surface area contributed by atoms with Crippen molar-refractivity contribution in [3.63, 3.8) is 0 Å². The summed E-state index contributed by atoms with van der Waals surface area (Å²) >= 11 is 0. The molecule has 2 heterocycles. The van der Waals surface area contributed by atoms with Crippen molar-refractivity contribution in [2.45, 2.75) is 13.8 Å². The van der Waals surface area contributed by atoms with Gasteiger partial charge >= 0.3 is 0 Å². The highest BCUT2D eigenvalue weighted by atomic mass is 15.1. The molecule has 3 heteroatoms. The fourth-order valence-electron chi connectivity index (χ4n) is 2.14. The molecule has 0 spiro atoms. The average molecular weight is 249 g/mol. The number of benzene rings is 1. The van der Waals surface area contributed by atoms with Crippen molar-refractivity contribution in [2.24, 2.45) is 0 Å². The van der Waals surface area contributed by atoms with Gasteiger partial charge in [0.15, 0.2) is 0 Å². The maximum absolute atomic E-state index is 4.47. The first-order valence-corrected chi connectivity index (χ1v) is 6.28. The van der Waals surface area contributed by atoms with Crippen molar-refractivity contribution in [2.75, 3.05) is 0 Å². The number of nitrogens with zero attached hydrogens (tertiary/aromatic N) is 2. The minimum Gasteiger partial charge on any atom is -0.282 e. The van der Waals surface area contributed by atoms with Crippen molar-refractivity contribution in [3.8, 4) is 22.5 Å². The molecule has 0 radical (unpaired) electrons. The van der Waals surface area contributed by atoms with Gasteiger partial charge in [0.1, 0.15) is 5.69 Å². The Labute approximate surface area is 112 Å². The van der Waals surface area contributed by atoms with Gasteiger partial charge in [-0.2, -0.15) is 5.10 Å². The Kier molecular flexibility index (Phi) is 2.88. The Balaban J connectivity index is 2.11. The Morgan fingerprint density at radius 1 is 0.947 bits per heavy atom. The summed E-state index contributed by atoms with van der Waals surface area (Å²) in [6.45, 7) is 4.07. The zero-order valence-corrected chi connectivity index (χ0v) is 11.0.